The summed E-state index contributed by atoms with van der Waals surface area (Å²) in [7, 11) is 0. The molecule has 0 aliphatic heterocycles. The zero-order valence-electron chi connectivity index (χ0n) is 10.2. The Labute approximate surface area is 116 Å². The minimum absolute atomic E-state index is 0.405. The summed E-state index contributed by atoms with van der Waals surface area (Å²) in [4.78, 5) is 11.4. The highest BCUT2D eigenvalue weighted by atomic mass is 35.5. The van der Waals surface area contributed by atoms with Crippen LogP contribution in [0.3, 0.4) is 0 Å². The second-order valence-electron chi connectivity index (χ2n) is 4.39. The molecule has 0 heterocycles. The van der Waals surface area contributed by atoms with Crippen molar-refractivity contribution in [2.75, 3.05) is 5.73 Å². The van der Waals surface area contributed by atoms with Gasteiger partial charge in [-0.25, -0.2) is 0 Å². The Balaban J connectivity index is 2.26. The SMILES string of the molecule is Nc1cccc(CC(C(=O)O)c2ccc(Cl)cc2)c1. The predicted octanol–water partition coefficient (Wildman–Crippen LogP) is 3.33. The van der Waals surface area contributed by atoms with E-state index in [0.717, 1.165) is 11.1 Å². The second-order valence-corrected chi connectivity index (χ2v) is 4.83. The number of rotatable bonds is 4. The second kappa shape index (κ2) is 5.76. The van der Waals surface area contributed by atoms with Crippen LogP contribution >= 0.6 is 11.6 Å². The van der Waals surface area contributed by atoms with Gasteiger partial charge in [-0.05, 0) is 41.8 Å². The van der Waals surface area contributed by atoms with Crippen molar-refractivity contribution in [2.45, 2.75) is 12.3 Å². The summed E-state index contributed by atoms with van der Waals surface area (Å²) in [5.41, 5.74) is 7.98. The monoisotopic (exact) mass is 275 g/mol. The number of nitrogens with two attached hydrogens (primary N) is 1. The average Bonchev–Trinajstić information content (AvgIpc) is 2.37. The van der Waals surface area contributed by atoms with Gasteiger partial charge >= 0.3 is 5.97 Å². The van der Waals surface area contributed by atoms with Crippen LogP contribution in [-0.2, 0) is 11.2 Å². The molecule has 19 heavy (non-hydrogen) atoms. The zero-order valence-corrected chi connectivity index (χ0v) is 11.0. The molecule has 98 valence electrons. The number of carbonyl (C=O) groups is 1. The Hall–Kier alpha value is -2.00. The van der Waals surface area contributed by atoms with Crippen molar-refractivity contribution in [1.29, 1.82) is 0 Å². The third kappa shape index (κ3) is 3.48. The lowest BCUT2D eigenvalue weighted by atomic mass is 9.92. The maximum Gasteiger partial charge on any atom is 0.311 e. The number of aliphatic carboxylic acids is 1. The van der Waals surface area contributed by atoms with Gasteiger partial charge in [0.1, 0.15) is 0 Å². The first-order valence-corrected chi connectivity index (χ1v) is 6.27. The number of carboxylic acid groups (broad SMARTS) is 1. The number of carboxylic acids is 1. The first kappa shape index (κ1) is 13.4. The number of anilines is 1. The first-order valence-electron chi connectivity index (χ1n) is 5.89. The smallest absolute Gasteiger partial charge is 0.311 e. The fraction of sp³-hybridized carbons (Fsp3) is 0.133. The maximum atomic E-state index is 11.4. The Morgan fingerprint density at radius 1 is 1.21 bits per heavy atom. The molecule has 0 amide bonds. The van der Waals surface area contributed by atoms with E-state index < -0.39 is 11.9 Å². The van der Waals surface area contributed by atoms with Crippen LogP contribution in [0.4, 0.5) is 5.69 Å². The minimum atomic E-state index is -0.857. The van der Waals surface area contributed by atoms with Gasteiger partial charge in [-0.15, -0.1) is 0 Å². The largest absolute Gasteiger partial charge is 0.481 e. The molecule has 0 aromatic heterocycles. The summed E-state index contributed by atoms with van der Waals surface area (Å²) in [5, 5.41) is 9.96. The van der Waals surface area contributed by atoms with Crippen molar-refractivity contribution in [3.05, 3.63) is 64.7 Å². The molecule has 1 unspecified atom stereocenters. The fourth-order valence-corrected chi connectivity index (χ4v) is 2.12. The Bertz CT molecular complexity index is 581. The van der Waals surface area contributed by atoms with E-state index in [2.05, 4.69) is 0 Å². The van der Waals surface area contributed by atoms with Gasteiger partial charge < -0.3 is 10.8 Å². The molecule has 2 rings (SSSR count). The van der Waals surface area contributed by atoms with Crippen LogP contribution in [-0.4, -0.2) is 11.1 Å². The zero-order chi connectivity index (χ0) is 13.8. The van der Waals surface area contributed by atoms with E-state index in [0.29, 0.717) is 17.1 Å². The quantitative estimate of drug-likeness (QED) is 0.841. The van der Waals surface area contributed by atoms with E-state index in [-0.39, 0.29) is 0 Å². The average molecular weight is 276 g/mol. The number of hydrogen-bond acceptors (Lipinski definition) is 2. The molecular weight excluding hydrogens is 262 g/mol. The van der Waals surface area contributed by atoms with E-state index >= 15 is 0 Å². The molecule has 0 saturated heterocycles. The van der Waals surface area contributed by atoms with Crippen LogP contribution in [0.1, 0.15) is 17.0 Å². The standard InChI is InChI=1S/C15H14ClNO2/c16-12-6-4-11(5-7-12)14(15(18)19)9-10-2-1-3-13(17)8-10/h1-8,14H,9,17H2,(H,18,19). The van der Waals surface area contributed by atoms with Gasteiger partial charge in [-0.2, -0.15) is 0 Å². The summed E-state index contributed by atoms with van der Waals surface area (Å²) >= 11 is 5.81. The molecule has 4 heteroatoms. The molecular formula is C15H14ClNO2. The van der Waals surface area contributed by atoms with Crippen molar-refractivity contribution < 1.29 is 9.90 Å². The van der Waals surface area contributed by atoms with E-state index in [4.69, 9.17) is 17.3 Å². The van der Waals surface area contributed by atoms with Crippen LogP contribution < -0.4 is 5.73 Å². The lowest BCUT2D eigenvalue weighted by molar-refractivity contribution is -0.138. The van der Waals surface area contributed by atoms with Gasteiger partial charge in [0, 0.05) is 10.7 Å². The first-order chi connectivity index (χ1) is 9.06. The highest BCUT2D eigenvalue weighted by Gasteiger charge is 2.20. The van der Waals surface area contributed by atoms with Gasteiger partial charge in [0.2, 0.25) is 0 Å². The molecule has 0 bridgehead atoms. The molecule has 2 aromatic rings. The van der Waals surface area contributed by atoms with Gasteiger partial charge in [0.05, 0.1) is 5.92 Å². The van der Waals surface area contributed by atoms with Gasteiger partial charge in [-0.1, -0.05) is 35.9 Å². The van der Waals surface area contributed by atoms with Crippen LogP contribution in [0.2, 0.25) is 5.02 Å². The number of halogens is 1. The predicted molar refractivity (Wildman–Crippen MR) is 76.4 cm³/mol. The summed E-state index contributed by atoms with van der Waals surface area (Å²) in [6, 6.07) is 14.2. The number of nitrogen functional groups attached to an aromatic ring is 1. The number of benzene rings is 2. The summed E-state index contributed by atoms with van der Waals surface area (Å²) in [6.45, 7) is 0. The molecule has 2 aromatic carbocycles. The normalized spacial score (nSPS) is 12.1. The van der Waals surface area contributed by atoms with Crippen molar-refractivity contribution in [2.24, 2.45) is 0 Å². The van der Waals surface area contributed by atoms with Crippen LogP contribution in [0.5, 0.6) is 0 Å². The molecule has 0 radical (unpaired) electrons. The van der Waals surface area contributed by atoms with Crippen molar-refractivity contribution >= 4 is 23.3 Å². The molecule has 0 aliphatic carbocycles. The van der Waals surface area contributed by atoms with Crippen molar-refractivity contribution in [1.82, 2.24) is 0 Å². The minimum Gasteiger partial charge on any atom is -0.481 e. The third-order valence-corrected chi connectivity index (χ3v) is 3.21. The number of hydrogen-bond donors (Lipinski definition) is 2. The summed E-state index contributed by atoms with van der Waals surface area (Å²) in [6.07, 6.45) is 0.405. The Kier molecular flexibility index (Phi) is 4.07. The van der Waals surface area contributed by atoms with Gasteiger partial charge in [0.15, 0.2) is 0 Å². The van der Waals surface area contributed by atoms with Crippen molar-refractivity contribution in [3.63, 3.8) is 0 Å². The lowest BCUT2D eigenvalue weighted by Gasteiger charge is -2.13. The van der Waals surface area contributed by atoms with E-state index in [1.807, 2.05) is 12.1 Å². The highest BCUT2D eigenvalue weighted by Crippen LogP contribution is 2.23. The molecule has 0 aliphatic rings. The topological polar surface area (TPSA) is 63.3 Å². The Morgan fingerprint density at radius 2 is 1.89 bits per heavy atom. The van der Waals surface area contributed by atoms with Gasteiger partial charge in [0.25, 0.3) is 0 Å². The molecule has 1 atom stereocenters. The highest BCUT2D eigenvalue weighted by molar-refractivity contribution is 6.30. The van der Waals surface area contributed by atoms with Gasteiger partial charge in [-0.3, -0.25) is 4.79 Å². The molecule has 3 N–H and O–H groups in total. The molecule has 0 saturated carbocycles. The maximum absolute atomic E-state index is 11.4. The fourth-order valence-electron chi connectivity index (χ4n) is 2.00. The van der Waals surface area contributed by atoms with Crippen LogP contribution in [0, 0.1) is 0 Å². The lowest BCUT2D eigenvalue weighted by Crippen LogP contribution is -2.14. The van der Waals surface area contributed by atoms with Crippen LogP contribution in [0.15, 0.2) is 48.5 Å². The van der Waals surface area contributed by atoms with E-state index in [1.54, 1.807) is 36.4 Å². The summed E-state index contributed by atoms with van der Waals surface area (Å²) in [5.74, 6) is -1.45. The van der Waals surface area contributed by atoms with Crippen molar-refractivity contribution in [3.8, 4) is 0 Å². The molecule has 0 spiro atoms. The Morgan fingerprint density at radius 3 is 2.47 bits per heavy atom. The third-order valence-electron chi connectivity index (χ3n) is 2.96. The van der Waals surface area contributed by atoms with E-state index in [1.165, 1.54) is 0 Å². The molecule has 0 fully saturated rings. The summed E-state index contributed by atoms with van der Waals surface area (Å²) < 4.78 is 0. The molecule has 3 nitrogen and oxygen atoms in total. The van der Waals surface area contributed by atoms with Crippen LogP contribution in [0.25, 0.3) is 0 Å². The van der Waals surface area contributed by atoms with E-state index in [9.17, 15) is 9.90 Å².